The highest BCUT2D eigenvalue weighted by atomic mass is 32.2. The zero-order valence-electron chi connectivity index (χ0n) is 14.0. The van der Waals surface area contributed by atoms with Gasteiger partial charge in [0.25, 0.3) is 0 Å². The van der Waals surface area contributed by atoms with Gasteiger partial charge in [-0.25, -0.2) is 0 Å². The number of fused-ring (bicyclic) bond motifs is 3. The number of nitrogens with one attached hydrogen (secondary N) is 3. The predicted molar refractivity (Wildman–Crippen MR) is 95.5 cm³/mol. The van der Waals surface area contributed by atoms with Crippen LogP contribution in [0.1, 0.15) is 18.4 Å². The summed E-state index contributed by atoms with van der Waals surface area (Å²) in [5.41, 5.74) is 2.72. The van der Waals surface area contributed by atoms with Gasteiger partial charge in [0.15, 0.2) is 0 Å². The summed E-state index contributed by atoms with van der Waals surface area (Å²) in [5, 5.41) is 10.0. The Kier molecular flexibility index (Phi) is 4.32. The third-order valence-corrected chi connectivity index (χ3v) is 6.76. The van der Waals surface area contributed by atoms with E-state index < -0.39 is 0 Å². The molecule has 1 aromatic carbocycles. The van der Waals surface area contributed by atoms with E-state index in [-0.39, 0.29) is 11.5 Å². The second-order valence-corrected chi connectivity index (χ2v) is 7.77. The molecule has 1 saturated carbocycles. The Labute approximate surface area is 146 Å². The summed E-state index contributed by atoms with van der Waals surface area (Å²) >= 11 is 1.85. The Balaban J connectivity index is 1.52. The minimum atomic E-state index is 0.137. The Morgan fingerprint density at radius 2 is 2.29 bits per heavy atom. The van der Waals surface area contributed by atoms with E-state index in [2.05, 4.69) is 40.0 Å². The highest BCUT2D eigenvalue weighted by molar-refractivity contribution is 8.00. The van der Waals surface area contributed by atoms with Crippen molar-refractivity contribution in [2.24, 2.45) is 0 Å². The largest absolute Gasteiger partial charge is 0.493 e. The molecule has 1 aromatic rings. The zero-order chi connectivity index (χ0) is 16.7. The molecule has 130 valence electrons. The maximum Gasteiger partial charge on any atom is 0.207 e. The zero-order valence-corrected chi connectivity index (χ0v) is 14.9. The lowest BCUT2D eigenvalue weighted by molar-refractivity contribution is -0.110. The second kappa shape index (κ2) is 6.46. The summed E-state index contributed by atoms with van der Waals surface area (Å²) in [7, 11) is 4.11. The van der Waals surface area contributed by atoms with E-state index in [1.54, 1.807) is 0 Å². The third kappa shape index (κ3) is 2.55. The lowest BCUT2D eigenvalue weighted by Gasteiger charge is -2.35. The molecule has 7 heteroatoms. The van der Waals surface area contributed by atoms with Crippen molar-refractivity contribution >= 4 is 23.9 Å². The molecule has 2 aliphatic heterocycles. The van der Waals surface area contributed by atoms with Crippen LogP contribution in [0.15, 0.2) is 17.0 Å². The molecule has 1 aliphatic carbocycles. The Morgan fingerprint density at radius 1 is 1.42 bits per heavy atom. The summed E-state index contributed by atoms with van der Waals surface area (Å²) in [6.45, 7) is 0.774. The number of carbonyl (C=O) groups is 1. The lowest BCUT2D eigenvalue weighted by atomic mass is 10.1. The van der Waals surface area contributed by atoms with Gasteiger partial charge in [-0.05, 0) is 39.1 Å². The van der Waals surface area contributed by atoms with Gasteiger partial charge in [-0.15, -0.1) is 0 Å². The second-order valence-electron chi connectivity index (χ2n) is 6.64. The molecule has 1 amide bonds. The maximum atomic E-state index is 11.0. The number of amides is 1. The van der Waals surface area contributed by atoms with Crippen molar-refractivity contribution in [3.8, 4) is 5.75 Å². The van der Waals surface area contributed by atoms with Gasteiger partial charge in [0, 0.05) is 29.0 Å². The number of anilines is 1. The summed E-state index contributed by atoms with van der Waals surface area (Å²) in [5.74, 6) is 1.02. The summed E-state index contributed by atoms with van der Waals surface area (Å²) < 4.78 is 5.68. The number of hydrogen-bond acceptors (Lipinski definition) is 6. The molecule has 24 heavy (non-hydrogen) atoms. The quantitative estimate of drug-likeness (QED) is 0.696. The highest BCUT2D eigenvalue weighted by Crippen LogP contribution is 2.47. The molecule has 3 aliphatic rings. The average Bonchev–Trinajstić information content (AvgIpc) is 3.30. The van der Waals surface area contributed by atoms with Crippen LogP contribution in [-0.4, -0.2) is 55.6 Å². The number of hydrogen-bond donors (Lipinski definition) is 3. The molecular formula is C17H24N4O2S. The van der Waals surface area contributed by atoms with E-state index in [9.17, 15) is 4.79 Å². The predicted octanol–water partition coefficient (Wildman–Crippen LogP) is 1.22. The van der Waals surface area contributed by atoms with Gasteiger partial charge in [-0.1, -0.05) is 11.8 Å². The van der Waals surface area contributed by atoms with Crippen LogP contribution in [0.4, 0.5) is 5.69 Å². The van der Waals surface area contributed by atoms with Crippen LogP contribution < -0.4 is 20.7 Å². The van der Waals surface area contributed by atoms with E-state index in [1.165, 1.54) is 16.1 Å². The number of nitrogens with zero attached hydrogens (tertiary/aromatic N) is 1. The van der Waals surface area contributed by atoms with Crippen LogP contribution in [0.2, 0.25) is 0 Å². The molecule has 4 atom stereocenters. The lowest BCUT2D eigenvalue weighted by Crippen LogP contribution is -2.55. The fourth-order valence-electron chi connectivity index (χ4n) is 4.21. The van der Waals surface area contributed by atoms with E-state index >= 15 is 0 Å². The smallest absolute Gasteiger partial charge is 0.207 e. The Hall–Kier alpha value is -1.44. The van der Waals surface area contributed by atoms with Crippen molar-refractivity contribution in [3.05, 3.63) is 17.7 Å². The third-order valence-electron chi connectivity index (χ3n) is 5.49. The van der Waals surface area contributed by atoms with Gasteiger partial charge in [0.05, 0.1) is 18.3 Å². The molecule has 0 spiro atoms. The van der Waals surface area contributed by atoms with Gasteiger partial charge in [0.2, 0.25) is 6.41 Å². The van der Waals surface area contributed by atoms with E-state index in [0.29, 0.717) is 12.1 Å². The van der Waals surface area contributed by atoms with Crippen molar-refractivity contribution in [2.45, 2.75) is 47.8 Å². The minimum Gasteiger partial charge on any atom is -0.493 e. The van der Waals surface area contributed by atoms with Crippen molar-refractivity contribution in [1.29, 1.82) is 0 Å². The Morgan fingerprint density at radius 3 is 3.08 bits per heavy atom. The van der Waals surface area contributed by atoms with Crippen LogP contribution >= 0.6 is 11.8 Å². The van der Waals surface area contributed by atoms with Gasteiger partial charge >= 0.3 is 0 Å². The first kappa shape index (κ1) is 16.1. The number of likely N-dealkylation sites (N-methyl/N-ethyl adjacent to an activating group) is 2. The fourth-order valence-corrected chi connectivity index (χ4v) is 5.39. The first-order valence-corrected chi connectivity index (χ1v) is 9.41. The van der Waals surface area contributed by atoms with E-state index in [0.717, 1.165) is 38.0 Å². The Bertz CT molecular complexity index is 641. The molecule has 0 saturated heterocycles. The summed E-state index contributed by atoms with van der Waals surface area (Å²) in [6.07, 6.45) is 3.95. The average molecular weight is 348 g/mol. The molecule has 6 nitrogen and oxygen atoms in total. The summed E-state index contributed by atoms with van der Waals surface area (Å²) in [6, 6.07) is 5.02. The molecule has 1 fully saturated rings. The first-order valence-electron chi connectivity index (χ1n) is 8.53. The topological polar surface area (TPSA) is 65.6 Å². The molecule has 4 rings (SSSR count). The number of thioether (sulfide) groups is 1. The van der Waals surface area contributed by atoms with Gasteiger partial charge in [0.1, 0.15) is 11.2 Å². The van der Waals surface area contributed by atoms with Crippen LogP contribution in [0, 0.1) is 0 Å². The molecule has 2 heterocycles. The minimum absolute atomic E-state index is 0.137. The maximum absolute atomic E-state index is 11.0. The highest BCUT2D eigenvalue weighted by Gasteiger charge is 2.41. The van der Waals surface area contributed by atoms with Gasteiger partial charge in [-0.3, -0.25) is 9.69 Å². The fraction of sp³-hybridized carbons (Fsp3) is 0.588. The van der Waals surface area contributed by atoms with E-state index in [4.69, 9.17) is 4.74 Å². The van der Waals surface area contributed by atoms with Crippen LogP contribution in [0.25, 0.3) is 0 Å². The number of ether oxygens (including phenoxy) is 1. The normalized spacial score (nSPS) is 30.6. The standard InChI is InChI=1S/C17H24N4O2S/c1-18-11-3-4-12(16(11)19-9-22)21(2)17-20-15-10-7-8-23-13(10)5-6-14(15)24-17/h5-6,9,11-12,16-18,20H,3-4,7-8H2,1-2H3,(H,19,22)/t11-,12?,16?,17?/m1/s1. The van der Waals surface area contributed by atoms with Crippen molar-refractivity contribution in [1.82, 2.24) is 15.5 Å². The molecule has 3 N–H and O–H groups in total. The van der Waals surface area contributed by atoms with Gasteiger partial charge in [-0.2, -0.15) is 0 Å². The van der Waals surface area contributed by atoms with Crippen LogP contribution in [-0.2, 0) is 11.2 Å². The summed E-state index contributed by atoms with van der Waals surface area (Å²) in [4.78, 5) is 14.7. The first-order chi connectivity index (χ1) is 11.7. The van der Waals surface area contributed by atoms with Crippen molar-refractivity contribution in [2.75, 3.05) is 26.0 Å². The SMILES string of the molecule is CN[C@@H]1CCC(N(C)C2Nc3c(ccc4c3CCO4)S2)C1NC=O. The molecule has 3 unspecified atom stereocenters. The molecular weight excluding hydrogens is 324 g/mol. The molecule has 0 aromatic heterocycles. The van der Waals surface area contributed by atoms with Crippen LogP contribution in [0.5, 0.6) is 5.75 Å². The molecule has 0 radical (unpaired) electrons. The number of carbonyl (C=O) groups excluding carboxylic acids is 1. The van der Waals surface area contributed by atoms with Crippen molar-refractivity contribution < 1.29 is 9.53 Å². The molecule has 0 bridgehead atoms. The monoisotopic (exact) mass is 348 g/mol. The van der Waals surface area contributed by atoms with E-state index in [1.807, 2.05) is 18.8 Å². The number of rotatable bonds is 5. The van der Waals surface area contributed by atoms with Crippen LogP contribution in [0.3, 0.4) is 0 Å². The van der Waals surface area contributed by atoms with Crippen molar-refractivity contribution in [3.63, 3.8) is 0 Å². The van der Waals surface area contributed by atoms with Gasteiger partial charge < -0.3 is 20.7 Å². The number of benzene rings is 1.